The summed E-state index contributed by atoms with van der Waals surface area (Å²) in [6, 6.07) is 18.0. The van der Waals surface area contributed by atoms with Crippen LogP contribution in [-0.4, -0.2) is 34.6 Å². The molecule has 1 fully saturated rings. The average Bonchev–Trinajstić information content (AvgIpc) is 2.81. The molecule has 32 heavy (non-hydrogen) atoms. The Bertz CT molecular complexity index is 871. The number of rotatable bonds is 10. The van der Waals surface area contributed by atoms with Gasteiger partial charge in [-0.2, -0.15) is 11.8 Å². The van der Waals surface area contributed by atoms with Crippen molar-refractivity contribution in [1.29, 1.82) is 0 Å². The van der Waals surface area contributed by atoms with Gasteiger partial charge in [-0.1, -0.05) is 77.7 Å². The van der Waals surface area contributed by atoms with Crippen LogP contribution < -0.4 is 5.32 Å². The van der Waals surface area contributed by atoms with Crippen LogP contribution in [0.3, 0.4) is 0 Å². The smallest absolute Gasteiger partial charge is 0.242 e. The zero-order valence-corrected chi connectivity index (χ0v) is 21.2. The van der Waals surface area contributed by atoms with E-state index in [0.29, 0.717) is 13.0 Å². The molecule has 1 aliphatic rings. The molecular weight excluding hydrogens is 484 g/mol. The van der Waals surface area contributed by atoms with E-state index in [1.54, 1.807) is 16.7 Å². The summed E-state index contributed by atoms with van der Waals surface area (Å²) >= 11 is 5.26. The highest BCUT2D eigenvalue weighted by Crippen LogP contribution is 2.20. The Morgan fingerprint density at radius 3 is 2.50 bits per heavy atom. The second kappa shape index (κ2) is 13.0. The van der Waals surface area contributed by atoms with E-state index in [1.165, 1.54) is 24.8 Å². The van der Waals surface area contributed by atoms with Crippen LogP contribution in [0.1, 0.15) is 56.6 Å². The summed E-state index contributed by atoms with van der Waals surface area (Å²) in [4.78, 5) is 28.0. The number of halogens is 1. The maximum atomic E-state index is 13.2. The fourth-order valence-electron chi connectivity index (χ4n) is 4.05. The Morgan fingerprint density at radius 2 is 1.78 bits per heavy atom. The van der Waals surface area contributed by atoms with Crippen LogP contribution in [0.2, 0.25) is 0 Å². The molecule has 4 nitrogen and oxygen atoms in total. The van der Waals surface area contributed by atoms with E-state index in [4.69, 9.17) is 0 Å². The summed E-state index contributed by atoms with van der Waals surface area (Å²) in [5.41, 5.74) is 2.28. The summed E-state index contributed by atoms with van der Waals surface area (Å²) in [6.45, 7) is 2.28. The van der Waals surface area contributed by atoms with Gasteiger partial charge in [-0.05, 0) is 43.0 Å². The number of carbonyl (C=O) groups excluding carboxylic acids is 2. The maximum Gasteiger partial charge on any atom is 0.242 e. The Labute approximate surface area is 204 Å². The van der Waals surface area contributed by atoms with Crippen molar-refractivity contribution in [2.24, 2.45) is 0 Å². The van der Waals surface area contributed by atoms with Gasteiger partial charge in [0.05, 0.1) is 0 Å². The molecular formula is C26H33BrN2O2S. The van der Waals surface area contributed by atoms with Crippen LogP contribution in [0.25, 0.3) is 0 Å². The van der Waals surface area contributed by atoms with E-state index in [1.807, 2.05) is 49.4 Å². The summed E-state index contributed by atoms with van der Waals surface area (Å²) in [6.07, 6.45) is 6.07. The minimum Gasteiger partial charge on any atom is -0.352 e. The molecule has 0 aliphatic heterocycles. The highest BCUT2D eigenvalue weighted by atomic mass is 79.9. The molecule has 0 spiro atoms. The van der Waals surface area contributed by atoms with Gasteiger partial charge >= 0.3 is 0 Å². The monoisotopic (exact) mass is 516 g/mol. The first-order chi connectivity index (χ1) is 15.5. The van der Waals surface area contributed by atoms with Gasteiger partial charge in [-0.15, -0.1) is 0 Å². The van der Waals surface area contributed by atoms with Crippen LogP contribution in [0, 0.1) is 0 Å². The molecule has 2 aromatic rings. The van der Waals surface area contributed by atoms with Gasteiger partial charge in [0, 0.05) is 35.0 Å². The number of nitrogens with one attached hydrogen (secondary N) is 1. The first kappa shape index (κ1) is 24.8. The standard InChI is InChI=1S/C26H33BrN2O2S/c1-20(26(31)28-24-13-6-3-7-14-24)29(18-22-11-8-12-23(27)17-22)25(30)15-16-32-19-21-9-4-2-5-10-21/h2,4-5,8-12,17,20,24H,3,6-7,13-16,18-19H2,1H3,(H,28,31). The van der Waals surface area contributed by atoms with E-state index in [9.17, 15) is 9.59 Å². The third-order valence-corrected chi connectivity index (χ3v) is 7.46. The molecule has 0 heterocycles. The van der Waals surface area contributed by atoms with Crippen LogP contribution in [0.15, 0.2) is 59.1 Å². The molecule has 1 aliphatic carbocycles. The van der Waals surface area contributed by atoms with E-state index < -0.39 is 6.04 Å². The SMILES string of the molecule is CC(C(=O)NC1CCCCC1)N(Cc1cccc(Br)c1)C(=O)CCSCc1ccccc1. The van der Waals surface area contributed by atoms with Crippen LogP contribution in [0.4, 0.5) is 0 Å². The maximum absolute atomic E-state index is 13.2. The van der Waals surface area contributed by atoms with Crippen molar-refractivity contribution in [2.45, 2.75) is 69.8 Å². The Hall–Kier alpha value is -1.79. The normalized spacial score (nSPS) is 15.2. The lowest BCUT2D eigenvalue weighted by Crippen LogP contribution is -2.50. The van der Waals surface area contributed by atoms with E-state index in [0.717, 1.165) is 34.4 Å². The quantitative estimate of drug-likeness (QED) is 0.397. The van der Waals surface area contributed by atoms with Crippen molar-refractivity contribution >= 4 is 39.5 Å². The van der Waals surface area contributed by atoms with Crippen LogP contribution in [-0.2, 0) is 21.9 Å². The largest absolute Gasteiger partial charge is 0.352 e. The molecule has 172 valence electrons. The molecule has 2 amide bonds. The van der Waals surface area contributed by atoms with Gasteiger partial charge in [0.15, 0.2) is 0 Å². The molecule has 0 radical (unpaired) electrons. The molecule has 0 bridgehead atoms. The summed E-state index contributed by atoms with van der Waals surface area (Å²) in [5.74, 6) is 1.60. The van der Waals surface area contributed by atoms with Gasteiger partial charge in [-0.3, -0.25) is 9.59 Å². The zero-order chi connectivity index (χ0) is 22.8. The second-order valence-corrected chi connectivity index (χ2v) is 10.5. The lowest BCUT2D eigenvalue weighted by molar-refractivity contribution is -0.140. The molecule has 2 aromatic carbocycles. The zero-order valence-electron chi connectivity index (χ0n) is 18.8. The minimum atomic E-state index is -0.498. The van der Waals surface area contributed by atoms with Crippen molar-refractivity contribution < 1.29 is 9.59 Å². The Balaban J connectivity index is 1.60. The minimum absolute atomic E-state index is 0.0248. The van der Waals surface area contributed by atoms with Crippen molar-refractivity contribution in [3.05, 3.63) is 70.2 Å². The Morgan fingerprint density at radius 1 is 1.06 bits per heavy atom. The van der Waals surface area contributed by atoms with Crippen molar-refractivity contribution in [1.82, 2.24) is 10.2 Å². The van der Waals surface area contributed by atoms with Gasteiger partial charge in [-0.25, -0.2) is 0 Å². The van der Waals surface area contributed by atoms with E-state index in [2.05, 4.69) is 33.4 Å². The molecule has 1 N–H and O–H groups in total. The highest BCUT2D eigenvalue weighted by molar-refractivity contribution is 9.10. The molecule has 1 unspecified atom stereocenters. The fourth-order valence-corrected chi connectivity index (χ4v) is 5.39. The van der Waals surface area contributed by atoms with Crippen molar-refractivity contribution in [2.75, 3.05) is 5.75 Å². The third-order valence-electron chi connectivity index (χ3n) is 5.93. The number of amides is 2. The summed E-state index contributed by atoms with van der Waals surface area (Å²) in [7, 11) is 0. The van der Waals surface area contributed by atoms with Crippen LogP contribution in [0.5, 0.6) is 0 Å². The van der Waals surface area contributed by atoms with Gasteiger partial charge in [0.25, 0.3) is 0 Å². The Kier molecular flexibility index (Phi) is 10.1. The van der Waals surface area contributed by atoms with Gasteiger partial charge in [0.1, 0.15) is 6.04 Å². The average molecular weight is 518 g/mol. The number of hydrogen-bond donors (Lipinski definition) is 1. The molecule has 6 heteroatoms. The van der Waals surface area contributed by atoms with E-state index >= 15 is 0 Å². The number of nitrogens with zero attached hydrogens (tertiary/aromatic N) is 1. The van der Waals surface area contributed by atoms with Crippen molar-refractivity contribution in [3.8, 4) is 0 Å². The second-order valence-electron chi connectivity index (χ2n) is 8.46. The lowest BCUT2D eigenvalue weighted by atomic mass is 9.95. The molecule has 0 aromatic heterocycles. The van der Waals surface area contributed by atoms with Gasteiger partial charge in [0.2, 0.25) is 11.8 Å². The topological polar surface area (TPSA) is 49.4 Å². The molecule has 1 atom stereocenters. The summed E-state index contributed by atoms with van der Waals surface area (Å²) < 4.78 is 0.972. The van der Waals surface area contributed by atoms with E-state index in [-0.39, 0.29) is 17.9 Å². The number of benzene rings is 2. The van der Waals surface area contributed by atoms with Crippen molar-refractivity contribution in [3.63, 3.8) is 0 Å². The van der Waals surface area contributed by atoms with Gasteiger partial charge < -0.3 is 10.2 Å². The summed E-state index contributed by atoms with van der Waals surface area (Å²) in [5, 5.41) is 3.19. The molecule has 1 saturated carbocycles. The number of carbonyl (C=O) groups is 2. The number of thioether (sulfide) groups is 1. The van der Waals surface area contributed by atoms with Crippen LogP contribution >= 0.6 is 27.7 Å². The predicted molar refractivity (Wildman–Crippen MR) is 136 cm³/mol. The molecule has 0 saturated heterocycles. The highest BCUT2D eigenvalue weighted by Gasteiger charge is 2.27. The molecule has 3 rings (SSSR count). The predicted octanol–water partition coefficient (Wildman–Crippen LogP) is 5.94. The first-order valence-electron chi connectivity index (χ1n) is 11.5. The fraction of sp³-hybridized carbons (Fsp3) is 0.462. The number of hydrogen-bond acceptors (Lipinski definition) is 3. The lowest BCUT2D eigenvalue weighted by Gasteiger charge is -2.31. The third kappa shape index (κ3) is 7.96. The first-order valence-corrected chi connectivity index (χ1v) is 13.4.